The molecule has 21 heavy (non-hydrogen) atoms. The summed E-state index contributed by atoms with van der Waals surface area (Å²) in [6.45, 7) is 0.380. The molecule has 0 saturated heterocycles. The van der Waals surface area contributed by atoms with Crippen LogP contribution in [-0.4, -0.2) is 4.98 Å². The Morgan fingerprint density at radius 3 is 2.67 bits per heavy atom. The topological polar surface area (TPSA) is 22.1 Å². The molecule has 106 valence electrons. The molecule has 1 aromatic heterocycles. The zero-order valence-electron chi connectivity index (χ0n) is 11.2. The number of aromatic nitrogens is 1. The Labute approximate surface area is 133 Å². The van der Waals surface area contributed by atoms with E-state index in [2.05, 4.69) is 4.98 Å². The normalized spacial score (nSPS) is 10.8. The van der Waals surface area contributed by atoms with Gasteiger partial charge >= 0.3 is 0 Å². The fraction of sp³-hybridized carbons (Fsp3) is 0.118. The van der Waals surface area contributed by atoms with E-state index in [1.165, 1.54) is 0 Å². The lowest BCUT2D eigenvalue weighted by Crippen LogP contribution is -1.99. The molecular weight excluding hydrogens is 305 g/mol. The van der Waals surface area contributed by atoms with Crippen LogP contribution in [-0.2, 0) is 12.5 Å². The summed E-state index contributed by atoms with van der Waals surface area (Å²) in [5.74, 6) is 1.08. The molecule has 0 saturated carbocycles. The first-order valence-corrected chi connectivity index (χ1v) is 7.49. The summed E-state index contributed by atoms with van der Waals surface area (Å²) in [6, 6.07) is 17.6. The zero-order valence-corrected chi connectivity index (χ0v) is 12.7. The third-order valence-electron chi connectivity index (χ3n) is 3.18. The number of rotatable bonds is 4. The van der Waals surface area contributed by atoms with Crippen LogP contribution in [0.2, 0.25) is 5.02 Å². The minimum Gasteiger partial charge on any atom is -0.486 e. The molecule has 0 amide bonds. The number of hydrogen-bond donors (Lipinski definition) is 0. The van der Waals surface area contributed by atoms with Gasteiger partial charge in [-0.2, -0.15) is 0 Å². The van der Waals surface area contributed by atoms with Gasteiger partial charge in [-0.1, -0.05) is 41.9 Å². The van der Waals surface area contributed by atoms with Crippen molar-refractivity contribution in [1.82, 2.24) is 4.98 Å². The number of ether oxygens (including phenoxy) is 1. The van der Waals surface area contributed by atoms with Crippen molar-refractivity contribution in [1.29, 1.82) is 0 Å². The summed E-state index contributed by atoms with van der Waals surface area (Å²) < 4.78 is 5.73. The number of fused-ring (bicyclic) bond motifs is 1. The summed E-state index contributed by atoms with van der Waals surface area (Å²) in [5.41, 5.74) is 2.80. The van der Waals surface area contributed by atoms with Gasteiger partial charge in [0.2, 0.25) is 0 Å². The van der Waals surface area contributed by atoms with Crippen molar-refractivity contribution in [3.63, 3.8) is 0 Å². The molecule has 0 atom stereocenters. The second kappa shape index (κ2) is 6.33. The maximum Gasteiger partial charge on any atom is 0.138 e. The Balaban J connectivity index is 1.77. The quantitative estimate of drug-likeness (QED) is 0.616. The monoisotopic (exact) mass is 317 g/mol. The lowest BCUT2D eigenvalue weighted by molar-refractivity contribution is 0.302. The third-order valence-corrected chi connectivity index (χ3v) is 3.79. The maximum atomic E-state index is 6.17. The molecule has 3 rings (SSSR count). The number of alkyl halides is 1. The Morgan fingerprint density at radius 1 is 1.00 bits per heavy atom. The molecule has 2 nitrogen and oxygen atoms in total. The van der Waals surface area contributed by atoms with Crippen molar-refractivity contribution in [2.24, 2.45) is 0 Å². The Morgan fingerprint density at radius 2 is 1.86 bits per heavy atom. The lowest BCUT2D eigenvalue weighted by Gasteiger charge is -2.09. The first-order valence-electron chi connectivity index (χ1n) is 6.58. The number of nitrogens with zero attached hydrogens (tertiary/aromatic N) is 1. The van der Waals surface area contributed by atoms with E-state index in [4.69, 9.17) is 27.9 Å². The van der Waals surface area contributed by atoms with Crippen LogP contribution < -0.4 is 4.74 Å². The highest BCUT2D eigenvalue weighted by Gasteiger charge is 2.04. The van der Waals surface area contributed by atoms with E-state index < -0.39 is 0 Å². The molecule has 0 N–H and O–H groups in total. The second-order valence-corrected chi connectivity index (χ2v) is 5.36. The highest BCUT2D eigenvalue weighted by atomic mass is 35.5. The van der Waals surface area contributed by atoms with Gasteiger partial charge < -0.3 is 4.74 Å². The minimum atomic E-state index is 0.380. The van der Waals surface area contributed by atoms with Crippen LogP contribution in [0.25, 0.3) is 10.9 Å². The Kier molecular flexibility index (Phi) is 4.28. The predicted octanol–water partition coefficient (Wildman–Crippen LogP) is 5.21. The van der Waals surface area contributed by atoms with Crippen molar-refractivity contribution in [2.45, 2.75) is 12.5 Å². The van der Waals surface area contributed by atoms with Gasteiger partial charge in [-0.3, -0.25) is 0 Å². The second-order valence-electron chi connectivity index (χ2n) is 4.68. The standard InChI is InChI=1S/C17H13Cl2NO/c18-10-12-5-8-17(15(19)9-12)21-11-14-7-6-13-3-1-2-4-16(13)20-14/h1-9H,10-11H2. The summed E-state index contributed by atoms with van der Waals surface area (Å²) >= 11 is 11.9. The van der Waals surface area contributed by atoms with Crippen LogP contribution in [0.4, 0.5) is 0 Å². The van der Waals surface area contributed by atoms with Gasteiger partial charge in [0.05, 0.1) is 16.2 Å². The molecule has 0 bridgehead atoms. The molecule has 0 unspecified atom stereocenters. The molecule has 0 aliphatic heterocycles. The van der Waals surface area contributed by atoms with E-state index in [-0.39, 0.29) is 0 Å². The summed E-state index contributed by atoms with van der Waals surface area (Å²) in [5, 5.41) is 1.68. The number of hydrogen-bond acceptors (Lipinski definition) is 2. The van der Waals surface area contributed by atoms with Crippen molar-refractivity contribution in [2.75, 3.05) is 0 Å². The zero-order chi connectivity index (χ0) is 14.7. The van der Waals surface area contributed by atoms with Crippen LogP contribution in [0.15, 0.2) is 54.6 Å². The smallest absolute Gasteiger partial charge is 0.138 e. The number of benzene rings is 2. The molecule has 0 fully saturated rings. The van der Waals surface area contributed by atoms with Crippen molar-refractivity contribution >= 4 is 34.1 Å². The van der Waals surface area contributed by atoms with E-state index in [0.29, 0.717) is 23.3 Å². The van der Waals surface area contributed by atoms with Gasteiger partial charge in [0.15, 0.2) is 0 Å². The van der Waals surface area contributed by atoms with Crippen molar-refractivity contribution in [3.05, 3.63) is 70.9 Å². The van der Waals surface area contributed by atoms with E-state index in [1.807, 2.05) is 54.6 Å². The SMILES string of the molecule is ClCc1ccc(OCc2ccc3ccccc3n2)c(Cl)c1. The van der Waals surface area contributed by atoms with Gasteiger partial charge in [0.25, 0.3) is 0 Å². The van der Waals surface area contributed by atoms with E-state index in [1.54, 1.807) is 0 Å². The van der Waals surface area contributed by atoms with Crippen LogP contribution in [0, 0.1) is 0 Å². The average molecular weight is 318 g/mol. The van der Waals surface area contributed by atoms with Crippen molar-refractivity contribution < 1.29 is 4.74 Å². The van der Waals surface area contributed by atoms with Crippen LogP contribution in [0.1, 0.15) is 11.3 Å². The average Bonchev–Trinajstić information content (AvgIpc) is 2.53. The summed E-state index contributed by atoms with van der Waals surface area (Å²) in [6.07, 6.45) is 0. The van der Waals surface area contributed by atoms with Crippen LogP contribution in [0.5, 0.6) is 5.75 Å². The molecule has 0 aliphatic rings. The molecule has 0 spiro atoms. The number of para-hydroxylation sites is 1. The molecule has 0 aliphatic carbocycles. The largest absolute Gasteiger partial charge is 0.486 e. The van der Waals surface area contributed by atoms with Gasteiger partial charge in [0.1, 0.15) is 12.4 Å². The highest BCUT2D eigenvalue weighted by molar-refractivity contribution is 6.32. The highest BCUT2D eigenvalue weighted by Crippen LogP contribution is 2.27. The molecule has 0 radical (unpaired) electrons. The van der Waals surface area contributed by atoms with Gasteiger partial charge in [0, 0.05) is 11.3 Å². The van der Waals surface area contributed by atoms with Gasteiger partial charge in [-0.15, -0.1) is 11.6 Å². The fourth-order valence-corrected chi connectivity index (χ4v) is 2.51. The summed E-state index contributed by atoms with van der Waals surface area (Å²) in [4.78, 5) is 4.56. The predicted molar refractivity (Wildman–Crippen MR) is 87.1 cm³/mol. The minimum absolute atomic E-state index is 0.380. The van der Waals surface area contributed by atoms with Crippen LogP contribution >= 0.6 is 23.2 Å². The van der Waals surface area contributed by atoms with Gasteiger partial charge in [-0.25, -0.2) is 4.98 Å². The summed E-state index contributed by atoms with van der Waals surface area (Å²) in [7, 11) is 0. The van der Waals surface area contributed by atoms with E-state index >= 15 is 0 Å². The first-order chi connectivity index (χ1) is 10.3. The number of pyridine rings is 1. The maximum absolute atomic E-state index is 6.17. The Bertz CT molecular complexity index is 774. The molecular formula is C17H13Cl2NO. The van der Waals surface area contributed by atoms with E-state index in [0.717, 1.165) is 22.2 Å². The van der Waals surface area contributed by atoms with Crippen LogP contribution in [0.3, 0.4) is 0 Å². The molecule has 4 heteroatoms. The molecule has 1 heterocycles. The first kappa shape index (κ1) is 14.2. The lowest BCUT2D eigenvalue weighted by atomic mass is 10.2. The molecule has 2 aromatic carbocycles. The number of halogens is 2. The molecule has 3 aromatic rings. The third kappa shape index (κ3) is 3.29. The fourth-order valence-electron chi connectivity index (χ4n) is 2.08. The Hall–Kier alpha value is -1.77. The van der Waals surface area contributed by atoms with E-state index in [9.17, 15) is 0 Å². The van der Waals surface area contributed by atoms with Gasteiger partial charge in [-0.05, 0) is 29.8 Å². The van der Waals surface area contributed by atoms with Crippen molar-refractivity contribution in [3.8, 4) is 5.75 Å².